The third kappa shape index (κ3) is 2.54. The molecule has 2 rings (SSSR count). The lowest BCUT2D eigenvalue weighted by molar-refractivity contribution is 0.481. The molecule has 0 saturated heterocycles. The topological polar surface area (TPSA) is 59.3 Å². The maximum absolute atomic E-state index is 12.2. The van der Waals surface area contributed by atoms with Crippen molar-refractivity contribution in [3.63, 3.8) is 0 Å². The molecule has 0 aliphatic carbocycles. The van der Waals surface area contributed by atoms with Gasteiger partial charge in [0.25, 0.3) is 0 Å². The van der Waals surface area contributed by atoms with Crippen molar-refractivity contribution in [2.45, 2.75) is 44.7 Å². The van der Waals surface area contributed by atoms with E-state index in [9.17, 15) is 13.5 Å². The van der Waals surface area contributed by atoms with E-state index in [1.54, 1.807) is 32.0 Å². The quantitative estimate of drug-likeness (QED) is 0.942. The first-order valence-corrected chi connectivity index (χ1v) is 8.49. The standard InChI is InChI=1S/C15H21NO3S/c1-10(2)16-12(9-20(18,19)11(3)4)8-13-14(16)6-5-7-15(13)17/h5-8,10-11,17H,9H2,1-4H3. The Balaban J connectivity index is 2.65. The molecule has 5 heteroatoms. The second-order valence-electron chi connectivity index (χ2n) is 5.67. The summed E-state index contributed by atoms with van der Waals surface area (Å²) in [7, 11) is -3.17. The Bertz CT molecular complexity index is 727. The summed E-state index contributed by atoms with van der Waals surface area (Å²) in [5.74, 6) is 0.182. The van der Waals surface area contributed by atoms with Gasteiger partial charge in [-0.25, -0.2) is 8.42 Å². The largest absolute Gasteiger partial charge is 0.507 e. The maximum Gasteiger partial charge on any atom is 0.158 e. The number of nitrogens with zero attached hydrogens (tertiary/aromatic N) is 1. The highest BCUT2D eigenvalue weighted by Gasteiger charge is 2.22. The van der Waals surface area contributed by atoms with Gasteiger partial charge in [0.1, 0.15) is 5.75 Å². The van der Waals surface area contributed by atoms with Gasteiger partial charge in [-0.05, 0) is 45.9 Å². The minimum absolute atomic E-state index is 0.00301. The molecule has 0 aliphatic heterocycles. The van der Waals surface area contributed by atoms with Crippen molar-refractivity contribution in [1.82, 2.24) is 4.57 Å². The monoisotopic (exact) mass is 295 g/mol. The first-order valence-electron chi connectivity index (χ1n) is 6.77. The molecular formula is C15H21NO3S. The first kappa shape index (κ1) is 14.9. The molecule has 4 nitrogen and oxygen atoms in total. The average Bonchev–Trinajstić information content (AvgIpc) is 2.67. The Morgan fingerprint density at radius 3 is 2.40 bits per heavy atom. The predicted octanol–water partition coefficient (Wildman–Crippen LogP) is 3.25. The van der Waals surface area contributed by atoms with Gasteiger partial charge in [-0.15, -0.1) is 0 Å². The van der Waals surface area contributed by atoms with Gasteiger partial charge in [0.2, 0.25) is 0 Å². The van der Waals surface area contributed by atoms with Crippen LogP contribution in [-0.2, 0) is 15.6 Å². The minimum atomic E-state index is -3.17. The summed E-state index contributed by atoms with van der Waals surface area (Å²) in [4.78, 5) is 0. The first-order chi connectivity index (χ1) is 9.24. The smallest absolute Gasteiger partial charge is 0.158 e. The van der Waals surface area contributed by atoms with E-state index in [-0.39, 0.29) is 17.5 Å². The lowest BCUT2D eigenvalue weighted by Gasteiger charge is -2.16. The van der Waals surface area contributed by atoms with E-state index in [4.69, 9.17) is 0 Å². The van der Waals surface area contributed by atoms with Gasteiger partial charge in [0.05, 0.1) is 16.5 Å². The molecule has 1 N–H and O–H groups in total. The summed E-state index contributed by atoms with van der Waals surface area (Å²) < 4.78 is 26.3. The fourth-order valence-electron chi connectivity index (χ4n) is 2.38. The number of benzene rings is 1. The molecule has 20 heavy (non-hydrogen) atoms. The molecule has 1 heterocycles. The lowest BCUT2D eigenvalue weighted by atomic mass is 10.2. The van der Waals surface area contributed by atoms with E-state index in [0.29, 0.717) is 5.39 Å². The van der Waals surface area contributed by atoms with E-state index in [1.165, 1.54) is 0 Å². The molecule has 2 aromatic rings. The zero-order chi connectivity index (χ0) is 15.1. The second kappa shape index (κ2) is 5.13. The molecule has 0 amide bonds. The number of hydrogen-bond acceptors (Lipinski definition) is 3. The van der Waals surface area contributed by atoms with Gasteiger partial charge in [0.15, 0.2) is 9.84 Å². The summed E-state index contributed by atoms with van der Waals surface area (Å²) in [6, 6.07) is 7.21. The van der Waals surface area contributed by atoms with Crippen molar-refractivity contribution in [3.05, 3.63) is 30.0 Å². The van der Waals surface area contributed by atoms with Crippen molar-refractivity contribution in [2.75, 3.05) is 0 Å². The van der Waals surface area contributed by atoms with Crippen molar-refractivity contribution in [2.24, 2.45) is 0 Å². The highest BCUT2D eigenvalue weighted by atomic mass is 32.2. The van der Waals surface area contributed by atoms with Crippen LogP contribution in [0.15, 0.2) is 24.3 Å². The van der Waals surface area contributed by atoms with Crippen molar-refractivity contribution < 1.29 is 13.5 Å². The van der Waals surface area contributed by atoms with Gasteiger partial charge in [-0.2, -0.15) is 0 Å². The second-order valence-corrected chi connectivity index (χ2v) is 8.22. The number of aromatic nitrogens is 1. The van der Waals surface area contributed by atoms with Gasteiger partial charge < -0.3 is 9.67 Å². The number of hydrogen-bond donors (Lipinski definition) is 1. The van der Waals surface area contributed by atoms with Gasteiger partial charge in [-0.1, -0.05) is 6.07 Å². The van der Waals surface area contributed by atoms with Crippen molar-refractivity contribution in [3.8, 4) is 5.75 Å². The fourth-order valence-corrected chi connectivity index (χ4v) is 3.35. The van der Waals surface area contributed by atoms with E-state index in [0.717, 1.165) is 11.2 Å². The molecule has 1 aromatic carbocycles. The molecule has 1 aromatic heterocycles. The fraction of sp³-hybridized carbons (Fsp3) is 0.467. The molecule has 0 aliphatic rings. The number of rotatable bonds is 4. The molecule has 110 valence electrons. The molecule has 0 radical (unpaired) electrons. The summed E-state index contributed by atoms with van der Waals surface area (Å²) >= 11 is 0. The van der Waals surface area contributed by atoms with Crippen molar-refractivity contribution in [1.29, 1.82) is 0 Å². The highest BCUT2D eigenvalue weighted by molar-refractivity contribution is 7.91. The minimum Gasteiger partial charge on any atom is -0.507 e. The molecule has 0 spiro atoms. The summed E-state index contributed by atoms with van der Waals surface area (Å²) in [6.45, 7) is 7.40. The molecule has 0 atom stereocenters. The Hall–Kier alpha value is -1.49. The Kier molecular flexibility index (Phi) is 3.82. The van der Waals surface area contributed by atoms with Crippen LogP contribution in [0, 0.1) is 0 Å². The van der Waals surface area contributed by atoms with Gasteiger partial charge in [0, 0.05) is 17.1 Å². The SMILES string of the molecule is CC(C)n1c(CS(=O)(=O)C(C)C)cc2c(O)cccc21. The molecule has 0 unspecified atom stereocenters. The van der Waals surface area contributed by atoms with E-state index < -0.39 is 15.1 Å². The van der Waals surface area contributed by atoms with Crippen LogP contribution in [0.3, 0.4) is 0 Å². The zero-order valence-corrected chi connectivity index (χ0v) is 13.1. The van der Waals surface area contributed by atoms with Crippen molar-refractivity contribution >= 4 is 20.7 Å². The van der Waals surface area contributed by atoms with Gasteiger partial charge >= 0.3 is 0 Å². The Morgan fingerprint density at radius 2 is 1.85 bits per heavy atom. The number of phenols is 1. The van der Waals surface area contributed by atoms with Crippen LogP contribution in [0.5, 0.6) is 5.75 Å². The van der Waals surface area contributed by atoms with E-state index in [1.807, 2.05) is 24.5 Å². The van der Waals surface area contributed by atoms with Crippen LogP contribution in [0.1, 0.15) is 39.4 Å². The predicted molar refractivity (Wildman–Crippen MR) is 81.7 cm³/mol. The van der Waals surface area contributed by atoms with Crippen LogP contribution in [-0.4, -0.2) is 23.3 Å². The average molecular weight is 295 g/mol. The zero-order valence-electron chi connectivity index (χ0n) is 12.3. The Labute approximate surface area is 120 Å². The van der Waals surface area contributed by atoms with Crippen LogP contribution in [0.25, 0.3) is 10.9 Å². The number of aromatic hydroxyl groups is 1. The summed E-state index contributed by atoms with van der Waals surface area (Å²) in [6.07, 6.45) is 0. The number of fused-ring (bicyclic) bond motifs is 1. The van der Waals surface area contributed by atoms with Crippen LogP contribution in [0.4, 0.5) is 0 Å². The molecule has 0 fully saturated rings. The number of sulfone groups is 1. The summed E-state index contributed by atoms with van der Waals surface area (Å²) in [5, 5.41) is 10.2. The highest BCUT2D eigenvalue weighted by Crippen LogP contribution is 2.31. The molecular weight excluding hydrogens is 274 g/mol. The third-order valence-corrected chi connectivity index (χ3v) is 5.66. The Morgan fingerprint density at radius 1 is 1.20 bits per heavy atom. The summed E-state index contributed by atoms with van der Waals surface area (Å²) in [5.41, 5.74) is 1.60. The van der Waals surface area contributed by atoms with E-state index >= 15 is 0 Å². The lowest BCUT2D eigenvalue weighted by Crippen LogP contribution is -2.18. The molecule has 0 saturated carbocycles. The third-order valence-electron chi connectivity index (χ3n) is 3.52. The van der Waals surface area contributed by atoms with Gasteiger partial charge in [-0.3, -0.25) is 0 Å². The number of phenolic OH excluding ortho intramolecular Hbond substituents is 1. The van der Waals surface area contributed by atoms with E-state index in [2.05, 4.69) is 0 Å². The molecule has 0 bridgehead atoms. The van der Waals surface area contributed by atoms with Crippen LogP contribution in [0.2, 0.25) is 0 Å². The maximum atomic E-state index is 12.2. The normalized spacial score (nSPS) is 12.7. The van der Waals surface area contributed by atoms with Crippen LogP contribution >= 0.6 is 0 Å². The van der Waals surface area contributed by atoms with Crippen LogP contribution < -0.4 is 0 Å².